The first-order valence-corrected chi connectivity index (χ1v) is 13.7. The molecule has 1 N–H and O–H groups in total. The molecule has 2 amide bonds. The molecule has 0 aromatic heterocycles. The minimum Gasteiger partial charge on any atom is -0.352 e. The van der Waals surface area contributed by atoms with E-state index in [2.05, 4.69) is 5.32 Å². The Morgan fingerprint density at radius 2 is 1.60 bits per heavy atom. The minimum absolute atomic E-state index is 0.0144. The molecule has 2 rings (SSSR count). The van der Waals surface area contributed by atoms with Gasteiger partial charge in [0, 0.05) is 22.6 Å². The van der Waals surface area contributed by atoms with Crippen LogP contribution in [0.3, 0.4) is 0 Å². The fourth-order valence-corrected chi connectivity index (χ4v) is 4.79. The minimum atomic E-state index is -3.92. The molecule has 0 heterocycles. The van der Waals surface area contributed by atoms with Gasteiger partial charge in [0.2, 0.25) is 21.8 Å². The predicted octanol–water partition coefficient (Wildman–Crippen LogP) is 4.62. The van der Waals surface area contributed by atoms with E-state index in [1.165, 1.54) is 47.4 Å². The molecule has 2 aromatic rings. The largest absolute Gasteiger partial charge is 0.352 e. The highest BCUT2D eigenvalue weighted by Gasteiger charge is 2.32. The lowest BCUT2D eigenvalue weighted by Crippen LogP contribution is -2.53. The summed E-state index contributed by atoms with van der Waals surface area (Å²) in [6.07, 6.45) is 1.95. The number of halogens is 3. The Morgan fingerprint density at radius 3 is 2.09 bits per heavy atom. The maximum Gasteiger partial charge on any atom is 0.244 e. The van der Waals surface area contributed by atoms with Crippen LogP contribution >= 0.6 is 23.2 Å². The predicted molar refractivity (Wildman–Crippen MR) is 138 cm³/mol. The number of hydrogen-bond donors (Lipinski definition) is 1. The smallest absolute Gasteiger partial charge is 0.244 e. The lowest BCUT2D eigenvalue weighted by Gasteiger charge is -2.33. The average Bonchev–Trinajstić information content (AvgIpc) is 2.76. The van der Waals surface area contributed by atoms with Gasteiger partial charge in [0.05, 0.1) is 11.9 Å². The first-order chi connectivity index (χ1) is 16.3. The van der Waals surface area contributed by atoms with Crippen molar-refractivity contribution >= 4 is 50.7 Å². The molecule has 35 heavy (non-hydrogen) atoms. The molecule has 0 spiro atoms. The summed E-state index contributed by atoms with van der Waals surface area (Å²) in [5.41, 5.74) is 0.712. The second kappa shape index (κ2) is 12.6. The van der Waals surface area contributed by atoms with E-state index in [0.29, 0.717) is 12.0 Å². The Balaban J connectivity index is 2.46. The summed E-state index contributed by atoms with van der Waals surface area (Å²) < 4.78 is 39.6. The molecule has 0 aliphatic heterocycles. The van der Waals surface area contributed by atoms with Crippen molar-refractivity contribution in [3.63, 3.8) is 0 Å². The quantitative estimate of drug-likeness (QED) is 0.446. The van der Waals surface area contributed by atoms with Gasteiger partial charge in [-0.2, -0.15) is 0 Å². The summed E-state index contributed by atoms with van der Waals surface area (Å²) in [6, 6.07) is 8.79. The van der Waals surface area contributed by atoms with Crippen LogP contribution in [-0.4, -0.2) is 50.0 Å². The highest BCUT2D eigenvalue weighted by molar-refractivity contribution is 7.92. The Kier molecular flexibility index (Phi) is 10.4. The number of nitrogens with zero attached hydrogens (tertiary/aromatic N) is 2. The molecular weight excluding hydrogens is 516 g/mol. The van der Waals surface area contributed by atoms with Gasteiger partial charge in [-0.3, -0.25) is 13.9 Å². The maximum atomic E-state index is 13.6. The van der Waals surface area contributed by atoms with Gasteiger partial charge in [0.25, 0.3) is 0 Å². The molecule has 0 bridgehead atoms. The highest BCUT2D eigenvalue weighted by atomic mass is 35.5. The van der Waals surface area contributed by atoms with Crippen molar-refractivity contribution in [1.29, 1.82) is 0 Å². The zero-order valence-electron chi connectivity index (χ0n) is 20.1. The SMILES string of the molecule is CC[C@H](C)NC(=O)[C@H](CC)N(Cc1ccc(F)cc1)C(=O)CN(c1cc(Cl)cc(Cl)c1)S(C)(=O)=O. The van der Waals surface area contributed by atoms with E-state index < -0.39 is 34.3 Å². The van der Waals surface area contributed by atoms with Crippen LogP contribution in [-0.2, 0) is 26.2 Å². The van der Waals surface area contributed by atoms with Crippen LogP contribution in [0.25, 0.3) is 0 Å². The van der Waals surface area contributed by atoms with Crippen molar-refractivity contribution in [1.82, 2.24) is 10.2 Å². The monoisotopic (exact) mass is 545 g/mol. The van der Waals surface area contributed by atoms with Crippen LogP contribution in [0.15, 0.2) is 42.5 Å². The zero-order valence-corrected chi connectivity index (χ0v) is 22.4. The molecule has 7 nitrogen and oxygen atoms in total. The molecular formula is C24H30Cl2FN3O4S. The van der Waals surface area contributed by atoms with E-state index in [9.17, 15) is 22.4 Å². The van der Waals surface area contributed by atoms with Crippen molar-refractivity contribution in [3.05, 3.63) is 63.9 Å². The number of amides is 2. The standard InChI is InChI=1S/C24H30Cl2FN3O4S/c1-5-16(3)28-24(32)22(6-2)29(14-17-7-9-20(27)10-8-17)23(31)15-30(35(4,33)34)21-12-18(25)11-19(26)13-21/h7-13,16,22H,5-6,14-15H2,1-4H3,(H,28,32)/t16-,22-/m0/s1. The third-order valence-corrected chi connectivity index (χ3v) is 7.04. The topological polar surface area (TPSA) is 86.8 Å². The number of hydrogen-bond acceptors (Lipinski definition) is 4. The summed E-state index contributed by atoms with van der Waals surface area (Å²) in [5.74, 6) is -1.40. The molecule has 0 aliphatic rings. The fraction of sp³-hybridized carbons (Fsp3) is 0.417. The second-order valence-electron chi connectivity index (χ2n) is 8.29. The van der Waals surface area contributed by atoms with E-state index in [1.807, 2.05) is 13.8 Å². The first kappa shape index (κ1) is 28.9. The maximum absolute atomic E-state index is 13.6. The van der Waals surface area contributed by atoms with E-state index in [4.69, 9.17) is 23.2 Å². The lowest BCUT2D eigenvalue weighted by atomic mass is 10.1. The van der Waals surface area contributed by atoms with E-state index >= 15 is 0 Å². The van der Waals surface area contributed by atoms with Crippen molar-refractivity contribution in [3.8, 4) is 0 Å². The number of anilines is 1. The Hall–Kier alpha value is -2.36. The van der Waals surface area contributed by atoms with E-state index in [1.54, 1.807) is 6.92 Å². The van der Waals surface area contributed by atoms with Crippen molar-refractivity contribution in [2.45, 2.75) is 52.2 Å². The Morgan fingerprint density at radius 1 is 1.03 bits per heavy atom. The summed E-state index contributed by atoms with van der Waals surface area (Å²) in [4.78, 5) is 27.9. The number of nitrogens with one attached hydrogen (secondary N) is 1. The van der Waals surface area contributed by atoms with Crippen molar-refractivity contribution in [2.75, 3.05) is 17.1 Å². The van der Waals surface area contributed by atoms with Crippen LogP contribution in [0.4, 0.5) is 10.1 Å². The van der Waals surface area contributed by atoms with Gasteiger partial charge in [0.1, 0.15) is 18.4 Å². The number of benzene rings is 2. The van der Waals surface area contributed by atoms with Gasteiger partial charge in [-0.15, -0.1) is 0 Å². The lowest BCUT2D eigenvalue weighted by molar-refractivity contribution is -0.140. The summed E-state index contributed by atoms with van der Waals surface area (Å²) in [5, 5.41) is 3.29. The molecule has 0 saturated heterocycles. The number of carbonyl (C=O) groups excluding carboxylic acids is 2. The van der Waals surface area contributed by atoms with Crippen LogP contribution < -0.4 is 9.62 Å². The molecule has 0 unspecified atom stereocenters. The average molecular weight is 546 g/mol. The highest BCUT2D eigenvalue weighted by Crippen LogP contribution is 2.27. The first-order valence-electron chi connectivity index (χ1n) is 11.1. The van der Waals surface area contributed by atoms with Gasteiger partial charge in [-0.25, -0.2) is 12.8 Å². The Bertz CT molecular complexity index is 1130. The normalized spacial score (nSPS) is 13.1. The molecule has 2 atom stereocenters. The van der Waals surface area contributed by atoms with Crippen molar-refractivity contribution < 1.29 is 22.4 Å². The molecule has 2 aromatic carbocycles. The number of sulfonamides is 1. The summed E-state index contributed by atoms with van der Waals surface area (Å²) >= 11 is 12.1. The third kappa shape index (κ3) is 8.37. The molecule has 0 aliphatic carbocycles. The van der Waals surface area contributed by atoms with Gasteiger partial charge < -0.3 is 10.2 Å². The van der Waals surface area contributed by atoms with Crippen molar-refractivity contribution in [2.24, 2.45) is 0 Å². The Labute approximate surface area is 216 Å². The van der Waals surface area contributed by atoms with Crippen LogP contribution in [0.1, 0.15) is 39.2 Å². The van der Waals surface area contributed by atoms with E-state index in [0.717, 1.165) is 10.6 Å². The van der Waals surface area contributed by atoms with Crippen LogP contribution in [0.2, 0.25) is 10.0 Å². The summed E-state index contributed by atoms with van der Waals surface area (Å²) in [7, 11) is -3.92. The molecule has 0 fully saturated rings. The fourth-order valence-electron chi connectivity index (χ4n) is 3.44. The number of carbonyl (C=O) groups is 2. The molecule has 11 heteroatoms. The third-order valence-electron chi connectivity index (χ3n) is 5.47. The van der Waals surface area contributed by atoms with Gasteiger partial charge in [-0.05, 0) is 55.7 Å². The van der Waals surface area contributed by atoms with Gasteiger partial charge in [0.15, 0.2) is 0 Å². The van der Waals surface area contributed by atoms with Crippen LogP contribution in [0.5, 0.6) is 0 Å². The zero-order chi connectivity index (χ0) is 26.3. The molecule has 0 radical (unpaired) electrons. The molecule has 0 saturated carbocycles. The second-order valence-corrected chi connectivity index (χ2v) is 11.1. The molecule has 192 valence electrons. The van der Waals surface area contributed by atoms with Crippen LogP contribution in [0, 0.1) is 5.82 Å². The van der Waals surface area contributed by atoms with E-state index in [-0.39, 0.29) is 40.6 Å². The van der Waals surface area contributed by atoms with Gasteiger partial charge >= 0.3 is 0 Å². The van der Waals surface area contributed by atoms with Gasteiger partial charge in [-0.1, -0.05) is 49.2 Å². The summed E-state index contributed by atoms with van der Waals surface area (Å²) in [6.45, 7) is 4.94. The number of rotatable bonds is 11.